The van der Waals surface area contributed by atoms with Gasteiger partial charge in [0.25, 0.3) is 0 Å². The molecular formula is C20H23FN6O2. The van der Waals surface area contributed by atoms with E-state index >= 15 is 0 Å². The van der Waals surface area contributed by atoms with E-state index in [9.17, 15) is 9.18 Å². The van der Waals surface area contributed by atoms with Crippen molar-refractivity contribution in [3.63, 3.8) is 0 Å². The number of carbonyl (C=O) groups is 1. The number of rotatable bonds is 3. The molecule has 0 spiro atoms. The van der Waals surface area contributed by atoms with Crippen molar-refractivity contribution in [1.29, 1.82) is 0 Å². The Bertz CT molecular complexity index is 1040. The summed E-state index contributed by atoms with van der Waals surface area (Å²) in [4.78, 5) is 22.9. The molecule has 1 fully saturated rings. The number of amides is 1. The molecule has 0 bridgehead atoms. The number of fused-ring (bicyclic) bond motifs is 1. The van der Waals surface area contributed by atoms with Crippen LogP contribution in [0.5, 0.6) is 5.75 Å². The highest BCUT2D eigenvalue weighted by molar-refractivity contribution is 5.74. The predicted octanol–water partition coefficient (Wildman–Crippen LogP) is 3.49. The van der Waals surface area contributed by atoms with Gasteiger partial charge in [0.2, 0.25) is 5.65 Å². The van der Waals surface area contributed by atoms with Crippen LogP contribution >= 0.6 is 0 Å². The third kappa shape index (κ3) is 4.13. The average Bonchev–Trinajstić information content (AvgIpc) is 3.27. The Morgan fingerprint density at radius 3 is 2.90 bits per heavy atom. The molecule has 1 N–H and O–H groups in total. The topological polar surface area (TPSA) is 84.6 Å². The van der Waals surface area contributed by atoms with Crippen LogP contribution in [0.2, 0.25) is 0 Å². The minimum Gasteiger partial charge on any atom is -0.405 e. The van der Waals surface area contributed by atoms with E-state index < -0.39 is 11.6 Å². The Morgan fingerprint density at radius 1 is 1.31 bits per heavy atom. The van der Waals surface area contributed by atoms with Crippen LogP contribution in [0.4, 0.5) is 15.0 Å². The minimum absolute atomic E-state index is 0.00960. The molecule has 1 amide bonds. The maximum atomic E-state index is 13.6. The van der Waals surface area contributed by atoms with E-state index in [1.807, 2.05) is 26.8 Å². The molecule has 0 saturated carbocycles. The molecule has 152 valence electrons. The van der Waals surface area contributed by atoms with E-state index in [0.717, 1.165) is 24.9 Å². The van der Waals surface area contributed by atoms with Gasteiger partial charge in [-0.1, -0.05) is 0 Å². The van der Waals surface area contributed by atoms with Crippen molar-refractivity contribution in [2.24, 2.45) is 0 Å². The average molecular weight is 398 g/mol. The molecule has 1 atom stereocenters. The molecule has 3 aromatic heterocycles. The number of nitrogens with zero attached hydrogens (tertiary/aromatic N) is 5. The lowest BCUT2D eigenvalue weighted by atomic mass is 10.1. The number of carbonyl (C=O) groups excluding carboxylic acids is 1. The van der Waals surface area contributed by atoms with Crippen molar-refractivity contribution in [2.45, 2.75) is 45.2 Å². The second-order valence-electron chi connectivity index (χ2n) is 8.12. The summed E-state index contributed by atoms with van der Waals surface area (Å²) in [5, 5.41) is 6.94. The van der Waals surface area contributed by atoms with Crippen LogP contribution in [0.25, 0.3) is 5.65 Å². The standard InChI is InChI=1S/C20H23FN6O2/c1-20(2,3)25-19(28)29-16-12-23-27-8-6-17(24-18(16)27)26-7-4-5-15(26)13-9-14(21)11-22-10-13/h6,8-12,15H,4-5,7H2,1-3H3,(H,25,28)/t15-/m1/s1. The SMILES string of the molecule is CC(C)(C)NC(=O)Oc1cnn2ccc(N3CCC[C@@H]3c3cncc(F)c3)nc12. The largest absolute Gasteiger partial charge is 0.413 e. The Morgan fingerprint density at radius 2 is 2.14 bits per heavy atom. The summed E-state index contributed by atoms with van der Waals surface area (Å²) in [5.74, 6) is 0.636. The van der Waals surface area contributed by atoms with Gasteiger partial charge in [0.05, 0.1) is 18.4 Å². The van der Waals surface area contributed by atoms with Crippen LogP contribution in [0, 0.1) is 5.82 Å². The molecule has 0 unspecified atom stereocenters. The van der Waals surface area contributed by atoms with E-state index in [2.05, 4.69) is 25.3 Å². The second kappa shape index (κ2) is 7.31. The number of anilines is 1. The number of ether oxygens (including phenoxy) is 1. The van der Waals surface area contributed by atoms with E-state index in [1.165, 1.54) is 18.5 Å². The number of hydrogen-bond donors (Lipinski definition) is 1. The van der Waals surface area contributed by atoms with Gasteiger partial charge < -0.3 is 15.0 Å². The third-order valence-corrected chi connectivity index (χ3v) is 4.66. The van der Waals surface area contributed by atoms with E-state index in [1.54, 1.807) is 16.9 Å². The first kappa shape index (κ1) is 19.1. The maximum absolute atomic E-state index is 13.6. The van der Waals surface area contributed by atoms with Crippen LogP contribution in [0.3, 0.4) is 0 Å². The fraction of sp³-hybridized carbons (Fsp3) is 0.400. The first-order valence-electron chi connectivity index (χ1n) is 9.52. The molecule has 0 aromatic carbocycles. The third-order valence-electron chi connectivity index (χ3n) is 4.66. The van der Waals surface area contributed by atoms with Crippen LogP contribution in [0.1, 0.15) is 45.2 Å². The summed E-state index contributed by atoms with van der Waals surface area (Å²) < 4.78 is 20.6. The molecule has 3 aromatic rings. The van der Waals surface area contributed by atoms with Gasteiger partial charge in [0.1, 0.15) is 11.6 Å². The maximum Gasteiger partial charge on any atom is 0.413 e. The van der Waals surface area contributed by atoms with Crippen molar-refractivity contribution in [1.82, 2.24) is 24.9 Å². The summed E-state index contributed by atoms with van der Waals surface area (Å²) >= 11 is 0. The number of halogens is 1. The highest BCUT2D eigenvalue weighted by Gasteiger charge is 2.28. The molecule has 1 saturated heterocycles. The second-order valence-corrected chi connectivity index (χ2v) is 8.12. The normalized spacial score (nSPS) is 17.0. The Labute approximate surface area is 167 Å². The van der Waals surface area contributed by atoms with Crippen LogP contribution in [-0.2, 0) is 0 Å². The Balaban J connectivity index is 1.62. The molecule has 0 aliphatic carbocycles. The molecular weight excluding hydrogens is 375 g/mol. The Hall–Kier alpha value is -3.23. The summed E-state index contributed by atoms with van der Waals surface area (Å²) in [5.41, 5.74) is 0.841. The highest BCUT2D eigenvalue weighted by atomic mass is 19.1. The summed E-state index contributed by atoms with van der Waals surface area (Å²) in [6, 6.07) is 3.35. The molecule has 1 aliphatic rings. The van der Waals surface area contributed by atoms with Gasteiger partial charge in [0, 0.05) is 24.5 Å². The smallest absolute Gasteiger partial charge is 0.405 e. The summed E-state index contributed by atoms with van der Waals surface area (Å²) in [6.45, 7) is 6.40. The molecule has 9 heteroatoms. The molecule has 29 heavy (non-hydrogen) atoms. The van der Waals surface area contributed by atoms with Crippen LogP contribution in [-0.4, -0.2) is 37.8 Å². The van der Waals surface area contributed by atoms with Crippen LogP contribution < -0.4 is 15.0 Å². The molecule has 8 nitrogen and oxygen atoms in total. The lowest BCUT2D eigenvalue weighted by molar-refractivity contribution is 0.191. The zero-order chi connectivity index (χ0) is 20.6. The summed E-state index contributed by atoms with van der Waals surface area (Å²) in [7, 11) is 0. The van der Waals surface area contributed by atoms with Gasteiger partial charge in [-0.2, -0.15) is 5.10 Å². The van der Waals surface area contributed by atoms with Gasteiger partial charge in [-0.05, 0) is 51.3 Å². The number of hydrogen-bond acceptors (Lipinski definition) is 6. The summed E-state index contributed by atoms with van der Waals surface area (Å²) in [6.07, 6.45) is 7.40. The van der Waals surface area contributed by atoms with Crippen molar-refractivity contribution >= 4 is 17.6 Å². The van der Waals surface area contributed by atoms with Gasteiger partial charge >= 0.3 is 6.09 Å². The monoisotopic (exact) mass is 398 g/mol. The van der Waals surface area contributed by atoms with E-state index in [-0.39, 0.29) is 17.6 Å². The van der Waals surface area contributed by atoms with Crippen molar-refractivity contribution in [3.8, 4) is 5.75 Å². The zero-order valence-electron chi connectivity index (χ0n) is 16.6. The van der Waals surface area contributed by atoms with Crippen LogP contribution in [0.15, 0.2) is 36.9 Å². The van der Waals surface area contributed by atoms with Gasteiger partial charge in [-0.15, -0.1) is 0 Å². The minimum atomic E-state index is -0.565. The fourth-order valence-corrected chi connectivity index (χ4v) is 3.50. The number of nitrogens with one attached hydrogen (secondary N) is 1. The highest BCUT2D eigenvalue weighted by Crippen LogP contribution is 2.35. The number of aromatic nitrogens is 4. The predicted molar refractivity (Wildman–Crippen MR) is 105 cm³/mol. The molecule has 0 radical (unpaired) electrons. The molecule has 4 heterocycles. The molecule has 1 aliphatic heterocycles. The van der Waals surface area contributed by atoms with Gasteiger partial charge in [-0.25, -0.2) is 18.7 Å². The van der Waals surface area contributed by atoms with Crippen molar-refractivity contribution in [3.05, 3.63) is 48.3 Å². The quantitative estimate of drug-likeness (QED) is 0.727. The van der Waals surface area contributed by atoms with Gasteiger partial charge in [0.15, 0.2) is 5.75 Å². The van der Waals surface area contributed by atoms with Crippen molar-refractivity contribution < 1.29 is 13.9 Å². The fourth-order valence-electron chi connectivity index (χ4n) is 3.50. The van der Waals surface area contributed by atoms with E-state index in [4.69, 9.17) is 4.74 Å². The Kier molecular flexibility index (Phi) is 4.81. The number of pyridine rings is 1. The first-order valence-corrected chi connectivity index (χ1v) is 9.52. The zero-order valence-corrected chi connectivity index (χ0v) is 16.6. The first-order chi connectivity index (χ1) is 13.8. The van der Waals surface area contributed by atoms with Crippen molar-refractivity contribution in [2.75, 3.05) is 11.4 Å². The lowest BCUT2D eigenvalue weighted by Crippen LogP contribution is -2.42. The van der Waals surface area contributed by atoms with Gasteiger partial charge in [-0.3, -0.25) is 4.98 Å². The lowest BCUT2D eigenvalue weighted by Gasteiger charge is -2.26. The molecule has 4 rings (SSSR count). The van der Waals surface area contributed by atoms with E-state index in [0.29, 0.717) is 11.5 Å².